The maximum Gasteiger partial charge on any atom is 0.148 e. The zero-order valence-electron chi connectivity index (χ0n) is 13.4. The average molecular weight is 317 g/mol. The third-order valence-corrected chi connectivity index (χ3v) is 5.66. The van der Waals surface area contributed by atoms with E-state index in [4.69, 9.17) is 0 Å². The monoisotopic (exact) mass is 317 g/mol. The van der Waals surface area contributed by atoms with Crippen LogP contribution in [0, 0.1) is 0 Å². The van der Waals surface area contributed by atoms with Crippen LogP contribution in [0.3, 0.4) is 0 Å². The molecule has 0 aliphatic carbocycles. The molecule has 21 heavy (non-hydrogen) atoms. The van der Waals surface area contributed by atoms with Crippen molar-refractivity contribution in [2.45, 2.75) is 38.1 Å². The van der Waals surface area contributed by atoms with Crippen molar-refractivity contribution in [3.8, 4) is 0 Å². The molecule has 0 spiro atoms. The Bertz CT molecular complexity index is 386. The molecule has 124 valence electrons. The summed E-state index contributed by atoms with van der Waals surface area (Å²) in [5, 5.41) is 3.23. The van der Waals surface area contributed by atoms with Gasteiger partial charge in [0.2, 0.25) is 0 Å². The molecule has 2 fully saturated rings. The van der Waals surface area contributed by atoms with Crippen molar-refractivity contribution in [1.82, 2.24) is 15.1 Å². The van der Waals surface area contributed by atoms with Crippen LogP contribution in [-0.4, -0.2) is 82.1 Å². The van der Waals surface area contributed by atoms with Crippen molar-refractivity contribution in [3.05, 3.63) is 0 Å². The average Bonchev–Trinajstić information content (AvgIpc) is 2.47. The first-order valence-corrected chi connectivity index (χ1v) is 10.5. The van der Waals surface area contributed by atoms with Gasteiger partial charge in [-0.25, -0.2) is 8.42 Å². The van der Waals surface area contributed by atoms with Gasteiger partial charge in [-0.1, -0.05) is 6.42 Å². The van der Waals surface area contributed by atoms with Crippen LogP contribution in [0.2, 0.25) is 0 Å². The lowest BCUT2D eigenvalue weighted by atomic mass is 10.00. The molecule has 0 aromatic rings. The minimum atomic E-state index is -2.83. The van der Waals surface area contributed by atoms with Crippen LogP contribution in [0.25, 0.3) is 0 Å². The predicted octanol–water partition coefficient (Wildman–Crippen LogP) is 0.571. The maximum atomic E-state index is 11.0. The number of sulfone groups is 1. The third kappa shape index (κ3) is 6.63. The Morgan fingerprint density at radius 2 is 1.67 bits per heavy atom. The summed E-state index contributed by atoms with van der Waals surface area (Å²) in [6.07, 6.45) is 8.05. The van der Waals surface area contributed by atoms with Gasteiger partial charge in [0.1, 0.15) is 9.84 Å². The summed E-state index contributed by atoms with van der Waals surface area (Å²) < 4.78 is 22.1. The Labute approximate surface area is 130 Å². The Morgan fingerprint density at radius 1 is 1.00 bits per heavy atom. The fourth-order valence-electron chi connectivity index (χ4n) is 3.41. The minimum Gasteiger partial charge on any atom is -0.314 e. The summed E-state index contributed by atoms with van der Waals surface area (Å²) in [6, 6.07) is 0.805. The Hall–Kier alpha value is -0.170. The molecule has 0 atom stereocenters. The van der Waals surface area contributed by atoms with Crippen molar-refractivity contribution in [2.75, 3.05) is 57.8 Å². The molecule has 0 unspecified atom stereocenters. The summed E-state index contributed by atoms with van der Waals surface area (Å²) in [5.41, 5.74) is 0. The van der Waals surface area contributed by atoms with Gasteiger partial charge in [0.15, 0.2) is 0 Å². The first-order chi connectivity index (χ1) is 10.0. The lowest BCUT2D eigenvalue weighted by molar-refractivity contribution is 0.0930. The van der Waals surface area contributed by atoms with Gasteiger partial charge in [0, 0.05) is 31.9 Å². The van der Waals surface area contributed by atoms with Crippen LogP contribution in [0.1, 0.15) is 32.1 Å². The zero-order valence-corrected chi connectivity index (χ0v) is 14.2. The van der Waals surface area contributed by atoms with E-state index in [2.05, 4.69) is 15.1 Å². The van der Waals surface area contributed by atoms with Gasteiger partial charge in [-0.2, -0.15) is 0 Å². The molecule has 2 heterocycles. The largest absolute Gasteiger partial charge is 0.314 e. The molecule has 6 heteroatoms. The quantitative estimate of drug-likeness (QED) is 0.696. The van der Waals surface area contributed by atoms with Gasteiger partial charge in [-0.15, -0.1) is 0 Å². The van der Waals surface area contributed by atoms with Gasteiger partial charge in [-0.3, -0.25) is 0 Å². The second-order valence-electron chi connectivity index (χ2n) is 6.55. The molecule has 2 rings (SSSR count). The summed E-state index contributed by atoms with van der Waals surface area (Å²) >= 11 is 0. The molecule has 2 saturated heterocycles. The lowest BCUT2D eigenvalue weighted by Gasteiger charge is -2.40. The van der Waals surface area contributed by atoms with Crippen molar-refractivity contribution >= 4 is 9.84 Å². The van der Waals surface area contributed by atoms with E-state index >= 15 is 0 Å². The van der Waals surface area contributed by atoms with Crippen LogP contribution >= 0.6 is 0 Å². The number of nitrogens with one attached hydrogen (secondary N) is 1. The van der Waals surface area contributed by atoms with Gasteiger partial charge in [0.05, 0.1) is 5.75 Å². The number of rotatable bonds is 7. The molecular weight excluding hydrogens is 286 g/mol. The molecule has 0 amide bonds. The lowest BCUT2D eigenvalue weighted by Crippen LogP contribution is -2.47. The molecule has 5 nitrogen and oxygen atoms in total. The first-order valence-electron chi connectivity index (χ1n) is 8.39. The number of hydrogen-bond donors (Lipinski definition) is 1. The normalized spacial score (nSPS) is 23.5. The Kier molecular flexibility index (Phi) is 6.92. The summed E-state index contributed by atoms with van der Waals surface area (Å²) in [4.78, 5) is 5.21. The van der Waals surface area contributed by atoms with E-state index in [1.807, 2.05) is 0 Å². The summed E-state index contributed by atoms with van der Waals surface area (Å²) in [5.74, 6) is 0.240. The second kappa shape index (κ2) is 8.46. The molecule has 0 aromatic heterocycles. The Morgan fingerprint density at radius 3 is 2.29 bits per heavy atom. The SMILES string of the molecule is CS(=O)(=O)CCNCCN1CCC(N2CCCCC2)CC1. The highest BCUT2D eigenvalue weighted by atomic mass is 32.2. The molecular formula is C15H31N3O2S. The topological polar surface area (TPSA) is 52.7 Å². The van der Waals surface area contributed by atoms with Gasteiger partial charge in [-0.05, 0) is 51.9 Å². The fraction of sp³-hybridized carbons (Fsp3) is 1.00. The smallest absolute Gasteiger partial charge is 0.148 e. The fourth-order valence-corrected chi connectivity index (χ4v) is 3.93. The van der Waals surface area contributed by atoms with E-state index in [1.54, 1.807) is 0 Å². The molecule has 1 N–H and O–H groups in total. The van der Waals surface area contributed by atoms with Crippen LogP contribution in [0.4, 0.5) is 0 Å². The van der Waals surface area contributed by atoms with E-state index in [9.17, 15) is 8.42 Å². The van der Waals surface area contributed by atoms with Crippen molar-refractivity contribution < 1.29 is 8.42 Å². The van der Waals surface area contributed by atoms with Crippen LogP contribution in [0.5, 0.6) is 0 Å². The van der Waals surface area contributed by atoms with Crippen LogP contribution in [-0.2, 0) is 9.84 Å². The van der Waals surface area contributed by atoms with Crippen LogP contribution < -0.4 is 5.32 Å². The van der Waals surface area contributed by atoms with Crippen molar-refractivity contribution in [2.24, 2.45) is 0 Å². The predicted molar refractivity (Wildman–Crippen MR) is 87.5 cm³/mol. The Balaban J connectivity index is 1.54. The number of piperidine rings is 2. The maximum absolute atomic E-state index is 11.0. The van der Waals surface area contributed by atoms with Gasteiger partial charge in [0.25, 0.3) is 0 Å². The van der Waals surface area contributed by atoms with E-state index in [1.165, 1.54) is 64.5 Å². The molecule has 0 radical (unpaired) electrons. The number of nitrogens with zero attached hydrogens (tertiary/aromatic N) is 2. The molecule has 0 saturated carbocycles. The van der Waals surface area contributed by atoms with E-state index < -0.39 is 9.84 Å². The highest BCUT2D eigenvalue weighted by molar-refractivity contribution is 7.90. The van der Waals surface area contributed by atoms with Crippen molar-refractivity contribution in [3.63, 3.8) is 0 Å². The van der Waals surface area contributed by atoms with Gasteiger partial charge >= 0.3 is 0 Å². The molecule has 0 aromatic carbocycles. The van der Waals surface area contributed by atoms with E-state index in [0.29, 0.717) is 6.54 Å². The van der Waals surface area contributed by atoms with E-state index in [0.717, 1.165) is 19.1 Å². The van der Waals surface area contributed by atoms with Gasteiger partial charge < -0.3 is 15.1 Å². The second-order valence-corrected chi connectivity index (χ2v) is 8.81. The molecule has 2 aliphatic rings. The first kappa shape index (κ1) is 17.2. The highest BCUT2D eigenvalue weighted by Crippen LogP contribution is 2.20. The molecule has 2 aliphatic heterocycles. The summed E-state index contributed by atoms with van der Waals surface area (Å²) in [6.45, 7) is 7.49. The highest BCUT2D eigenvalue weighted by Gasteiger charge is 2.25. The van der Waals surface area contributed by atoms with Crippen LogP contribution in [0.15, 0.2) is 0 Å². The molecule has 0 bridgehead atoms. The zero-order chi connectivity index (χ0) is 15.1. The van der Waals surface area contributed by atoms with Crippen molar-refractivity contribution in [1.29, 1.82) is 0 Å². The third-order valence-electron chi connectivity index (χ3n) is 4.72. The minimum absolute atomic E-state index is 0.240. The number of likely N-dealkylation sites (tertiary alicyclic amines) is 2. The standard InChI is InChI=1S/C15H31N3O2S/c1-21(19,20)14-8-16-7-13-17-11-5-15(6-12-17)18-9-3-2-4-10-18/h15-16H,2-14H2,1H3. The van der Waals surface area contributed by atoms with E-state index in [-0.39, 0.29) is 5.75 Å². The summed E-state index contributed by atoms with van der Waals surface area (Å²) in [7, 11) is -2.83. The number of hydrogen-bond acceptors (Lipinski definition) is 5.